The molecule has 0 spiro atoms. The number of nitrogens with zero attached hydrogens (tertiary/aromatic N) is 1. The van der Waals surface area contributed by atoms with E-state index in [9.17, 15) is 9.59 Å². The summed E-state index contributed by atoms with van der Waals surface area (Å²) in [6, 6.07) is 11.2. The summed E-state index contributed by atoms with van der Waals surface area (Å²) in [6.45, 7) is 2.06. The van der Waals surface area contributed by atoms with E-state index >= 15 is 0 Å². The van der Waals surface area contributed by atoms with Gasteiger partial charge in [0.15, 0.2) is 0 Å². The van der Waals surface area contributed by atoms with Crippen LogP contribution in [0.4, 0.5) is 0 Å². The third-order valence-electron chi connectivity index (χ3n) is 3.51. The Kier molecular flexibility index (Phi) is 4.42. The third-order valence-corrected chi connectivity index (χ3v) is 3.51. The summed E-state index contributed by atoms with van der Waals surface area (Å²) < 4.78 is 5.07. The first-order valence-electron chi connectivity index (χ1n) is 7.36. The number of aryl methyl sites for hydroxylation is 1. The highest BCUT2D eigenvalue weighted by Gasteiger charge is 2.13. The fourth-order valence-electron chi connectivity index (χ4n) is 2.33. The summed E-state index contributed by atoms with van der Waals surface area (Å²) in [4.78, 5) is 26.6. The van der Waals surface area contributed by atoms with E-state index in [-0.39, 0.29) is 6.54 Å². The van der Waals surface area contributed by atoms with Gasteiger partial charge in [0.25, 0.3) is 0 Å². The smallest absolute Gasteiger partial charge is 0.329 e. The van der Waals surface area contributed by atoms with Crippen molar-refractivity contribution in [1.29, 1.82) is 0 Å². The highest BCUT2D eigenvalue weighted by Crippen LogP contribution is 2.19. The summed E-state index contributed by atoms with van der Waals surface area (Å²) in [5.41, 5.74) is 4.99. The molecule has 0 saturated carbocycles. The van der Waals surface area contributed by atoms with Gasteiger partial charge in [-0.3, -0.25) is 9.59 Å². The Morgan fingerprint density at radius 2 is 2.04 bits per heavy atom. The van der Waals surface area contributed by atoms with Gasteiger partial charge in [0, 0.05) is 22.2 Å². The molecular formula is C17H16N4O3. The van der Waals surface area contributed by atoms with Crippen molar-refractivity contribution in [3.05, 3.63) is 59.7 Å². The number of aromatic amines is 1. The van der Waals surface area contributed by atoms with Crippen molar-refractivity contribution in [3.8, 4) is 0 Å². The van der Waals surface area contributed by atoms with Crippen molar-refractivity contribution in [1.82, 2.24) is 15.7 Å². The third kappa shape index (κ3) is 3.35. The molecule has 0 aliphatic heterocycles. The average Bonchev–Trinajstić information content (AvgIpc) is 3.20. The van der Waals surface area contributed by atoms with Crippen LogP contribution in [-0.4, -0.2) is 23.0 Å². The van der Waals surface area contributed by atoms with E-state index in [1.54, 1.807) is 12.1 Å². The van der Waals surface area contributed by atoms with E-state index in [0.29, 0.717) is 5.76 Å². The van der Waals surface area contributed by atoms with Crippen LogP contribution in [0, 0.1) is 6.92 Å². The van der Waals surface area contributed by atoms with Crippen molar-refractivity contribution >= 4 is 28.9 Å². The normalized spacial score (nSPS) is 11.0. The number of nitrogens with one attached hydrogen (secondary N) is 3. The number of furan rings is 1. The molecule has 2 amide bonds. The maximum atomic E-state index is 11.7. The van der Waals surface area contributed by atoms with Crippen LogP contribution in [0.2, 0.25) is 0 Å². The van der Waals surface area contributed by atoms with Gasteiger partial charge in [0.1, 0.15) is 5.76 Å². The number of aromatic nitrogens is 1. The van der Waals surface area contributed by atoms with Gasteiger partial charge in [0.05, 0.1) is 19.0 Å². The van der Waals surface area contributed by atoms with Crippen molar-refractivity contribution in [2.75, 3.05) is 0 Å². The van der Waals surface area contributed by atoms with Gasteiger partial charge in [-0.2, -0.15) is 5.10 Å². The van der Waals surface area contributed by atoms with Crippen LogP contribution < -0.4 is 10.7 Å². The Morgan fingerprint density at radius 3 is 2.83 bits per heavy atom. The zero-order valence-corrected chi connectivity index (χ0v) is 13.0. The van der Waals surface area contributed by atoms with Crippen LogP contribution in [0.3, 0.4) is 0 Å². The number of para-hydroxylation sites is 1. The highest BCUT2D eigenvalue weighted by atomic mass is 16.3. The zero-order valence-electron chi connectivity index (χ0n) is 13.0. The summed E-state index contributed by atoms with van der Waals surface area (Å²) in [6.07, 6.45) is 3.02. The zero-order chi connectivity index (χ0) is 16.9. The molecule has 3 N–H and O–H groups in total. The van der Waals surface area contributed by atoms with Gasteiger partial charge in [-0.1, -0.05) is 18.2 Å². The second-order valence-electron chi connectivity index (χ2n) is 5.17. The van der Waals surface area contributed by atoms with Gasteiger partial charge < -0.3 is 14.7 Å². The number of hydrogen-bond donors (Lipinski definition) is 3. The van der Waals surface area contributed by atoms with Crippen LogP contribution in [0.1, 0.15) is 17.0 Å². The lowest BCUT2D eigenvalue weighted by atomic mass is 10.1. The molecule has 0 aliphatic carbocycles. The molecule has 0 atom stereocenters. The van der Waals surface area contributed by atoms with E-state index in [0.717, 1.165) is 22.2 Å². The quantitative estimate of drug-likeness (QED) is 0.388. The van der Waals surface area contributed by atoms with E-state index < -0.39 is 11.8 Å². The van der Waals surface area contributed by atoms with Gasteiger partial charge in [-0.25, -0.2) is 5.43 Å². The lowest BCUT2D eigenvalue weighted by Gasteiger charge is -2.01. The summed E-state index contributed by atoms with van der Waals surface area (Å²) in [7, 11) is 0. The fraction of sp³-hybridized carbons (Fsp3) is 0.118. The maximum Gasteiger partial charge on any atom is 0.329 e. The van der Waals surface area contributed by atoms with Crippen molar-refractivity contribution in [3.63, 3.8) is 0 Å². The first-order chi connectivity index (χ1) is 11.6. The van der Waals surface area contributed by atoms with Crippen LogP contribution in [0.25, 0.3) is 10.9 Å². The lowest BCUT2D eigenvalue weighted by molar-refractivity contribution is -0.139. The van der Waals surface area contributed by atoms with Gasteiger partial charge in [-0.15, -0.1) is 0 Å². The van der Waals surface area contributed by atoms with Gasteiger partial charge >= 0.3 is 11.8 Å². The number of hydrogen-bond acceptors (Lipinski definition) is 4. The Hall–Kier alpha value is -3.35. The molecule has 0 saturated heterocycles. The monoisotopic (exact) mass is 324 g/mol. The Balaban J connectivity index is 1.59. The summed E-state index contributed by atoms with van der Waals surface area (Å²) in [5, 5.41) is 7.30. The molecule has 0 radical (unpaired) electrons. The van der Waals surface area contributed by atoms with E-state index in [1.807, 2.05) is 31.2 Å². The molecule has 0 fully saturated rings. The Labute approximate surface area is 137 Å². The minimum atomic E-state index is -0.838. The Bertz CT molecular complexity index is 894. The average molecular weight is 324 g/mol. The first kappa shape index (κ1) is 15.5. The second-order valence-corrected chi connectivity index (χ2v) is 5.17. The largest absolute Gasteiger partial charge is 0.467 e. The number of amides is 2. The first-order valence-corrected chi connectivity index (χ1v) is 7.36. The summed E-state index contributed by atoms with van der Waals surface area (Å²) in [5.74, 6) is -1.05. The van der Waals surface area contributed by atoms with E-state index in [2.05, 4.69) is 20.8 Å². The molecule has 2 heterocycles. The molecular weight excluding hydrogens is 308 g/mol. The molecule has 3 aromatic rings. The van der Waals surface area contributed by atoms with Crippen LogP contribution >= 0.6 is 0 Å². The molecule has 122 valence electrons. The number of rotatable bonds is 4. The highest BCUT2D eigenvalue weighted by molar-refractivity contribution is 6.35. The van der Waals surface area contributed by atoms with E-state index in [1.165, 1.54) is 12.5 Å². The molecule has 24 heavy (non-hydrogen) atoms. The van der Waals surface area contributed by atoms with Crippen LogP contribution in [-0.2, 0) is 16.1 Å². The molecule has 0 aliphatic rings. The Morgan fingerprint density at radius 1 is 1.21 bits per heavy atom. The molecule has 7 heteroatoms. The van der Waals surface area contributed by atoms with E-state index in [4.69, 9.17) is 4.42 Å². The van der Waals surface area contributed by atoms with Crippen molar-refractivity contribution in [2.24, 2.45) is 5.10 Å². The number of hydrazone groups is 1. The molecule has 1 aromatic carbocycles. The number of fused-ring (bicyclic) bond motifs is 1. The number of carbonyl (C=O) groups is 2. The molecule has 0 unspecified atom stereocenters. The molecule has 7 nitrogen and oxygen atoms in total. The van der Waals surface area contributed by atoms with Gasteiger partial charge in [0.2, 0.25) is 0 Å². The predicted molar refractivity (Wildman–Crippen MR) is 89.3 cm³/mol. The minimum Gasteiger partial charge on any atom is -0.467 e. The standard InChI is InChI=1S/C17H16N4O3/c1-11-14(13-6-2-3-7-15(13)20-11)10-19-21-17(23)16(22)18-9-12-5-4-8-24-12/h2-8,10,20H,9H2,1H3,(H,18,22)(H,21,23)/b19-10+. The SMILES string of the molecule is Cc1[nH]c2ccccc2c1/C=N/NC(=O)C(=O)NCc1ccco1. The molecule has 0 bridgehead atoms. The molecule has 3 rings (SSSR count). The van der Waals surface area contributed by atoms with Crippen molar-refractivity contribution in [2.45, 2.75) is 13.5 Å². The maximum absolute atomic E-state index is 11.7. The van der Waals surface area contributed by atoms with Crippen molar-refractivity contribution < 1.29 is 14.0 Å². The minimum absolute atomic E-state index is 0.143. The van der Waals surface area contributed by atoms with Gasteiger partial charge in [-0.05, 0) is 25.1 Å². The fourth-order valence-corrected chi connectivity index (χ4v) is 2.33. The molecule has 2 aromatic heterocycles. The number of H-pyrrole nitrogens is 1. The van der Waals surface area contributed by atoms with Crippen LogP contribution in [0.5, 0.6) is 0 Å². The topological polar surface area (TPSA) is 99.5 Å². The van der Waals surface area contributed by atoms with Crippen LogP contribution in [0.15, 0.2) is 52.2 Å². The lowest BCUT2D eigenvalue weighted by Crippen LogP contribution is -2.37. The second kappa shape index (κ2) is 6.82. The summed E-state index contributed by atoms with van der Waals surface area (Å²) >= 11 is 0. The predicted octanol–water partition coefficient (Wildman–Crippen LogP) is 1.84. The number of carbonyl (C=O) groups excluding carboxylic acids is 2. The number of benzene rings is 1.